The second-order valence-electron chi connectivity index (χ2n) is 4.47. The highest BCUT2D eigenvalue weighted by molar-refractivity contribution is 5.06. The number of hydrogen-bond acceptors (Lipinski definition) is 0. The second-order valence-corrected chi connectivity index (χ2v) is 4.47. The number of allylic oxidation sites excluding steroid dienone is 6. The summed E-state index contributed by atoms with van der Waals surface area (Å²) in [5.41, 5.74) is 0. The molecule has 0 bridgehead atoms. The molecule has 0 aliphatic heterocycles. The Labute approximate surface area is 102 Å². The molecule has 0 aromatic carbocycles. The Morgan fingerprint density at radius 2 is 1.25 bits per heavy atom. The zero-order valence-corrected chi connectivity index (χ0v) is 11.6. The molecule has 16 heavy (non-hydrogen) atoms. The second kappa shape index (κ2) is 9.45. The molecule has 0 aromatic rings. The van der Waals surface area contributed by atoms with Crippen LogP contribution in [0.5, 0.6) is 0 Å². The Morgan fingerprint density at radius 3 is 1.88 bits per heavy atom. The van der Waals surface area contributed by atoms with Gasteiger partial charge in [-0.25, -0.2) is 0 Å². The van der Waals surface area contributed by atoms with Crippen molar-refractivity contribution in [2.45, 2.75) is 47.5 Å². The summed E-state index contributed by atoms with van der Waals surface area (Å²) in [5.74, 6) is 1.87. The van der Waals surface area contributed by atoms with Crippen LogP contribution in [0.25, 0.3) is 0 Å². The molecule has 1 aliphatic carbocycles. The van der Waals surface area contributed by atoms with Crippen molar-refractivity contribution in [3.8, 4) is 0 Å². The summed E-state index contributed by atoms with van der Waals surface area (Å²) in [5, 5.41) is 0. The van der Waals surface area contributed by atoms with Crippen LogP contribution in [0.15, 0.2) is 36.5 Å². The molecule has 0 spiro atoms. The molecule has 0 N–H and O–H groups in total. The van der Waals surface area contributed by atoms with Gasteiger partial charge in [0.25, 0.3) is 0 Å². The summed E-state index contributed by atoms with van der Waals surface area (Å²) in [7, 11) is 0. The van der Waals surface area contributed by atoms with Crippen molar-refractivity contribution >= 4 is 0 Å². The lowest BCUT2D eigenvalue weighted by Gasteiger charge is -2.03. The fourth-order valence-corrected chi connectivity index (χ4v) is 1.61. The molecule has 1 aliphatic rings. The smallest absolute Gasteiger partial charge is 0.00816 e. The first kappa shape index (κ1) is 15.2. The Balaban J connectivity index is 0.00000106. The van der Waals surface area contributed by atoms with Crippen molar-refractivity contribution in [3.05, 3.63) is 36.5 Å². The fraction of sp³-hybridized carbons (Fsp3) is 0.625. The van der Waals surface area contributed by atoms with Crippen molar-refractivity contribution in [2.75, 3.05) is 0 Å². The van der Waals surface area contributed by atoms with Gasteiger partial charge in [0.15, 0.2) is 0 Å². The lowest BCUT2D eigenvalue weighted by atomic mass is 10.0. The minimum atomic E-state index is 0.575. The molecule has 0 fully saturated rings. The van der Waals surface area contributed by atoms with Crippen molar-refractivity contribution in [1.82, 2.24) is 0 Å². The van der Waals surface area contributed by atoms with Crippen LogP contribution in [0.2, 0.25) is 0 Å². The Kier molecular flexibility index (Phi) is 8.99. The number of hydrogen-bond donors (Lipinski definition) is 0. The van der Waals surface area contributed by atoms with Gasteiger partial charge in [0.05, 0.1) is 0 Å². The molecule has 92 valence electrons. The average molecular weight is 220 g/mol. The van der Waals surface area contributed by atoms with E-state index in [9.17, 15) is 0 Å². The van der Waals surface area contributed by atoms with E-state index in [1.54, 1.807) is 0 Å². The van der Waals surface area contributed by atoms with Crippen LogP contribution in [0.3, 0.4) is 0 Å². The van der Waals surface area contributed by atoms with E-state index in [1.807, 2.05) is 13.8 Å². The Morgan fingerprint density at radius 1 is 0.750 bits per heavy atom. The molecule has 0 aromatic heterocycles. The fourth-order valence-electron chi connectivity index (χ4n) is 1.61. The third-order valence-corrected chi connectivity index (χ3v) is 2.69. The maximum absolute atomic E-state index is 2.35. The van der Waals surface area contributed by atoms with Gasteiger partial charge < -0.3 is 0 Å². The lowest BCUT2D eigenvalue weighted by Crippen LogP contribution is -1.90. The lowest BCUT2D eigenvalue weighted by molar-refractivity contribution is 0.652. The highest BCUT2D eigenvalue weighted by Gasteiger charge is 1.99. The van der Waals surface area contributed by atoms with Gasteiger partial charge in [0, 0.05) is 0 Å². The van der Waals surface area contributed by atoms with Crippen LogP contribution in [-0.4, -0.2) is 0 Å². The van der Waals surface area contributed by atoms with E-state index in [-0.39, 0.29) is 0 Å². The van der Waals surface area contributed by atoms with Gasteiger partial charge in [-0.1, -0.05) is 71.1 Å². The Bertz CT molecular complexity index is 232. The topological polar surface area (TPSA) is 0 Å². The molecule has 0 amide bonds. The summed E-state index contributed by atoms with van der Waals surface area (Å²) < 4.78 is 0. The minimum absolute atomic E-state index is 0.575. The maximum Gasteiger partial charge on any atom is -0.00816 e. The van der Waals surface area contributed by atoms with Crippen LogP contribution in [0.4, 0.5) is 0 Å². The first-order valence-electron chi connectivity index (χ1n) is 6.72. The van der Waals surface area contributed by atoms with Gasteiger partial charge in [-0.3, -0.25) is 0 Å². The number of rotatable bonds is 0. The molecule has 0 radical (unpaired) electrons. The Hall–Kier alpha value is -0.780. The zero-order chi connectivity index (χ0) is 12.4. The van der Waals surface area contributed by atoms with Crippen LogP contribution in [0, 0.1) is 17.8 Å². The van der Waals surface area contributed by atoms with Gasteiger partial charge in [-0.15, -0.1) is 0 Å². The van der Waals surface area contributed by atoms with Crippen LogP contribution in [0.1, 0.15) is 47.5 Å². The predicted molar refractivity (Wildman–Crippen MR) is 75.5 cm³/mol. The molecule has 3 unspecified atom stereocenters. The van der Waals surface area contributed by atoms with Crippen molar-refractivity contribution in [3.63, 3.8) is 0 Å². The van der Waals surface area contributed by atoms with Gasteiger partial charge in [0.1, 0.15) is 0 Å². The van der Waals surface area contributed by atoms with E-state index in [1.165, 1.54) is 12.8 Å². The zero-order valence-electron chi connectivity index (χ0n) is 11.6. The van der Waals surface area contributed by atoms with Gasteiger partial charge in [-0.2, -0.15) is 0 Å². The predicted octanol–water partition coefficient (Wildman–Crippen LogP) is 5.38. The summed E-state index contributed by atoms with van der Waals surface area (Å²) in [6.45, 7) is 10.8. The molecule has 1 rings (SSSR count). The largest absolute Gasteiger partial charge is 0.0879 e. The molecular formula is C16H28. The minimum Gasteiger partial charge on any atom is -0.0879 e. The van der Waals surface area contributed by atoms with E-state index in [0.717, 1.165) is 0 Å². The van der Waals surface area contributed by atoms with Crippen molar-refractivity contribution < 1.29 is 0 Å². The van der Waals surface area contributed by atoms with E-state index < -0.39 is 0 Å². The van der Waals surface area contributed by atoms with E-state index >= 15 is 0 Å². The highest BCUT2D eigenvalue weighted by atomic mass is 14.0. The first-order valence-corrected chi connectivity index (χ1v) is 6.72. The van der Waals surface area contributed by atoms with E-state index in [4.69, 9.17) is 0 Å². The molecule has 3 atom stereocenters. The first-order chi connectivity index (χ1) is 7.68. The van der Waals surface area contributed by atoms with E-state index in [0.29, 0.717) is 17.8 Å². The summed E-state index contributed by atoms with van der Waals surface area (Å²) >= 11 is 0. The molecule has 0 nitrogen and oxygen atoms in total. The molecular weight excluding hydrogens is 192 g/mol. The standard InChI is InChI=1S/C14H22.C2H6/c1-12-6-4-5-7-13(2)9-11-14(3)10-8-12;1-2/h4,6,8-14H,5,7H2,1-3H3;1-2H3/b6-4-,10-8-,11-9-;. The van der Waals surface area contributed by atoms with Gasteiger partial charge in [-0.05, 0) is 30.6 Å². The van der Waals surface area contributed by atoms with Crippen LogP contribution >= 0.6 is 0 Å². The third kappa shape index (κ3) is 7.50. The quantitative estimate of drug-likeness (QED) is 0.481. The van der Waals surface area contributed by atoms with Crippen LogP contribution < -0.4 is 0 Å². The summed E-state index contributed by atoms with van der Waals surface area (Å²) in [6, 6.07) is 0. The van der Waals surface area contributed by atoms with Gasteiger partial charge >= 0.3 is 0 Å². The average Bonchev–Trinajstić information content (AvgIpc) is 2.33. The highest BCUT2D eigenvalue weighted by Crippen LogP contribution is 2.13. The van der Waals surface area contributed by atoms with E-state index in [2.05, 4.69) is 57.2 Å². The maximum atomic E-state index is 2.35. The normalized spacial score (nSPS) is 36.2. The molecule has 0 heterocycles. The van der Waals surface area contributed by atoms with Crippen LogP contribution in [-0.2, 0) is 0 Å². The SMILES string of the molecule is CC.CC1/C=C\CCC(C)/C=C\C(C)/C=C\1. The molecule has 0 heteroatoms. The monoisotopic (exact) mass is 220 g/mol. The molecule has 0 saturated carbocycles. The van der Waals surface area contributed by atoms with Crippen molar-refractivity contribution in [2.24, 2.45) is 17.8 Å². The summed E-state index contributed by atoms with van der Waals surface area (Å²) in [6.07, 6.45) is 16.4. The summed E-state index contributed by atoms with van der Waals surface area (Å²) in [4.78, 5) is 0. The molecule has 0 saturated heterocycles. The van der Waals surface area contributed by atoms with Crippen molar-refractivity contribution in [1.29, 1.82) is 0 Å². The van der Waals surface area contributed by atoms with Gasteiger partial charge in [0.2, 0.25) is 0 Å². The third-order valence-electron chi connectivity index (χ3n) is 2.69.